The van der Waals surface area contributed by atoms with Gasteiger partial charge in [-0.2, -0.15) is 5.10 Å². The molecule has 0 N–H and O–H groups in total. The van der Waals surface area contributed by atoms with Crippen molar-refractivity contribution in [2.45, 2.75) is 13.0 Å². The molecular weight excluding hydrogens is 215 g/mol. The summed E-state index contributed by atoms with van der Waals surface area (Å²) in [5.74, 6) is 0. The molecule has 0 amide bonds. The van der Waals surface area contributed by atoms with Crippen molar-refractivity contribution in [1.29, 1.82) is 0 Å². The molecule has 1 aromatic heterocycles. The summed E-state index contributed by atoms with van der Waals surface area (Å²) in [6.07, 6.45) is 4.55. The minimum atomic E-state index is 0.703. The van der Waals surface area contributed by atoms with E-state index in [1.807, 2.05) is 10.9 Å². The Bertz CT molecular complexity index is 199. The van der Waals surface area contributed by atoms with E-state index < -0.39 is 0 Å². The Kier molecular flexibility index (Phi) is 3.22. The van der Waals surface area contributed by atoms with Crippen molar-refractivity contribution in [3.63, 3.8) is 0 Å². The number of aromatic nitrogens is 2. The van der Waals surface area contributed by atoms with Gasteiger partial charge in [0.25, 0.3) is 0 Å². The summed E-state index contributed by atoms with van der Waals surface area (Å²) in [6.45, 7) is 0.929. The third kappa shape index (κ3) is 2.31. The van der Waals surface area contributed by atoms with E-state index in [4.69, 9.17) is 11.6 Å². The Morgan fingerprint density at radius 2 is 2.50 bits per heavy atom. The van der Waals surface area contributed by atoms with Gasteiger partial charge in [0.2, 0.25) is 0 Å². The Hall–Kier alpha value is -0.0200. The molecule has 0 aliphatic carbocycles. The molecule has 0 unspecified atom stereocenters. The molecule has 0 radical (unpaired) electrons. The lowest BCUT2D eigenvalue weighted by molar-refractivity contribution is 0.607. The van der Waals surface area contributed by atoms with E-state index in [1.54, 1.807) is 6.20 Å². The van der Waals surface area contributed by atoms with Crippen LogP contribution in [0.2, 0.25) is 5.02 Å². The van der Waals surface area contributed by atoms with Gasteiger partial charge in [0.15, 0.2) is 0 Å². The Morgan fingerprint density at radius 3 is 3.00 bits per heavy atom. The summed E-state index contributed by atoms with van der Waals surface area (Å²) in [5.41, 5.74) is 0. The molecule has 0 atom stereocenters. The largest absolute Gasteiger partial charge is 0.271 e. The summed E-state index contributed by atoms with van der Waals surface area (Å²) in [7, 11) is 0. The zero-order valence-electron chi connectivity index (χ0n) is 5.43. The molecule has 4 heteroatoms. The van der Waals surface area contributed by atoms with Crippen LogP contribution < -0.4 is 0 Å². The van der Waals surface area contributed by atoms with Crippen molar-refractivity contribution in [2.75, 3.05) is 5.33 Å². The van der Waals surface area contributed by atoms with E-state index in [1.165, 1.54) is 0 Å². The maximum Gasteiger partial charge on any atom is 0.0785 e. The number of hydrogen-bond acceptors (Lipinski definition) is 1. The minimum Gasteiger partial charge on any atom is -0.271 e. The monoisotopic (exact) mass is 222 g/mol. The number of hydrogen-bond donors (Lipinski definition) is 0. The first-order valence-electron chi connectivity index (χ1n) is 3.07. The highest BCUT2D eigenvalue weighted by Crippen LogP contribution is 2.05. The lowest BCUT2D eigenvalue weighted by Crippen LogP contribution is -1.97. The standard InChI is InChI=1S/C6H8BrClN2/c7-2-1-3-10-5-6(8)4-9-10/h4-5H,1-3H2. The van der Waals surface area contributed by atoms with Gasteiger partial charge in [-0.05, 0) is 6.42 Å². The first-order chi connectivity index (χ1) is 4.83. The predicted octanol–water partition coefficient (Wildman–Crippen LogP) is 2.32. The summed E-state index contributed by atoms with van der Waals surface area (Å²) in [4.78, 5) is 0. The highest BCUT2D eigenvalue weighted by atomic mass is 79.9. The summed E-state index contributed by atoms with van der Waals surface area (Å²) in [5, 5.41) is 5.72. The van der Waals surface area contributed by atoms with E-state index >= 15 is 0 Å². The van der Waals surface area contributed by atoms with Crippen LogP contribution in [0.25, 0.3) is 0 Å². The van der Waals surface area contributed by atoms with Gasteiger partial charge in [-0.25, -0.2) is 0 Å². The number of rotatable bonds is 3. The van der Waals surface area contributed by atoms with E-state index in [0.717, 1.165) is 18.3 Å². The minimum absolute atomic E-state index is 0.703. The topological polar surface area (TPSA) is 17.8 Å². The Morgan fingerprint density at radius 1 is 1.70 bits per heavy atom. The molecule has 10 heavy (non-hydrogen) atoms. The van der Waals surface area contributed by atoms with Gasteiger partial charge in [0.05, 0.1) is 11.2 Å². The third-order valence-corrected chi connectivity index (χ3v) is 1.88. The molecule has 2 nitrogen and oxygen atoms in total. The average Bonchev–Trinajstić information content (AvgIpc) is 2.31. The molecule has 1 heterocycles. The highest BCUT2D eigenvalue weighted by molar-refractivity contribution is 9.09. The van der Waals surface area contributed by atoms with Crippen LogP contribution in [0.3, 0.4) is 0 Å². The van der Waals surface area contributed by atoms with Crippen molar-refractivity contribution in [3.05, 3.63) is 17.4 Å². The lowest BCUT2D eigenvalue weighted by atomic mass is 10.5. The van der Waals surface area contributed by atoms with E-state index in [-0.39, 0.29) is 0 Å². The van der Waals surface area contributed by atoms with Gasteiger partial charge in [-0.1, -0.05) is 27.5 Å². The molecule has 0 saturated carbocycles. The van der Waals surface area contributed by atoms with Crippen LogP contribution in [-0.4, -0.2) is 15.1 Å². The van der Waals surface area contributed by atoms with Crippen LogP contribution in [0.4, 0.5) is 0 Å². The summed E-state index contributed by atoms with van der Waals surface area (Å²) in [6, 6.07) is 0. The van der Waals surface area contributed by atoms with Crippen LogP contribution in [0.1, 0.15) is 6.42 Å². The zero-order valence-corrected chi connectivity index (χ0v) is 7.77. The first kappa shape index (κ1) is 8.08. The Balaban J connectivity index is 2.42. The molecule has 1 rings (SSSR count). The molecule has 0 saturated heterocycles. The molecule has 56 valence electrons. The van der Waals surface area contributed by atoms with Crippen molar-refractivity contribution < 1.29 is 0 Å². The third-order valence-electron chi connectivity index (χ3n) is 1.12. The molecule has 0 aliphatic heterocycles. The van der Waals surface area contributed by atoms with Gasteiger partial charge < -0.3 is 0 Å². The van der Waals surface area contributed by atoms with E-state index in [2.05, 4.69) is 21.0 Å². The van der Waals surface area contributed by atoms with Crippen molar-refractivity contribution in [2.24, 2.45) is 0 Å². The summed E-state index contributed by atoms with van der Waals surface area (Å²) < 4.78 is 1.84. The summed E-state index contributed by atoms with van der Waals surface area (Å²) >= 11 is 8.98. The SMILES string of the molecule is Clc1cnn(CCCBr)c1. The smallest absolute Gasteiger partial charge is 0.0785 e. The van der Waals surface area contributed by atoms with Crippen LogP contribution >= 0.6 is 27.5 Å². The van der Waals surface area contributed by atoms with Crippen LogP contribution in [0.15, 0.2) is 12.4 Å². The second-order valence-corrected chi connectivity index (χ2v) is 3.19. The fourth-order valence-electron chi connectivity index (χ4n) is 0.682. The molecule has 0 aromatic carbocycles. The maximum atomic E-state index is 5.64. The molecule has 0 fully saturated rings. The quantitative estimate of drug-likeness (QED) is 0.719. The van der Waals surface area contributed by atoms with Crippen molar-refractivity contribution in [1.82, 2.24) is 9.78 Å². The van der Waals surface area contributed by atoms with Gasteiger partial charge in [-0.3, -0.25) is 4.68 Å². The number of aryl methyl sites for hydroxylation is 1. The molecule has 0 aliphatic rings. The van der Waals surface area contributed by atoms with Gasteiger partial charge >= 0.3 is 0 Å². The van der Waals surface area contributed by atoms with E-state index in [0.29, 0.717) is 5.02 Å². The molecule has 1 aromatic rings. The van der Waals surface area contributed by atoms with Gasteiger partial charge in [0, 0.05) is 18.1 Å². The fraction of sp³-hybridized carbons (Fsp3) is 0.500. The van der Waals surface area contributed by atoms with Crippen molar-refractivity contribution in [3.8, 4) is 0 Å². The van der Waals surface area contributed by atoms with Crippen LogP contribution in [-0.2, 0) is 6.54 Å². The average molecular weight is 224 g/mol. The predicted molar refractivity (Wildman–Crippen MR) is 45.6 cm³/mol. The van der Waals surface area contributed by atoms with Crippen LogP contribution in [0, 0.1) is 0 Å². The Labute approximate surface area is 73.3 Å². The number of halogens is 2. The highest BCUT2D eigenvalue weighted by Gasteiger charge is 1.92. The fourth-order valence-corrected chi connectivity index (χ4v) is 1.09. The second-order valence-electron chi connectivity index (χ2n) is 1.96. The van der Waals surface area contributed by atoms with Gasteiger partial charge in [-0.15, -0.1) is 0 Å². The van der Waals surface area contributed by atoms with Gasteiger partial charge in [0.1, 0.15) is 0 Å². The maximum absolute atomic E-state index is 5.64. The normalized spacial score (nSPS) is 10.2. The molecule has 0 bridgehead atoms. The number of nitrogens with zero attached hydrogens (tertiary/aromatic N) is 2. The van der Waals surface area contributed by atoms with E-state index in [9.17, 15) is 0 Å². The lowest BCUT2D eigenvalue weighted by Gasteiger charge is -1.95. The second kappa shape index (κ2) is 3.98. The first-order valence-corrected chi connectivity index (χ1v) is 4.57. The molecule has 0 spiro atoms. The van der Waals surface area contributed by atoms with Crippen LogP contribution in [0.5, 0.6) is 0 Å². The van der Waals surface area contributed by atoms with Crippen molar-refractivity contribution >= 4 is 27.5 Å². The zero-order chi connectivity index (χ0) is 7.40. The number of alkyl halides is 1. The molecular formula is C6H8BrClN2.